The van der Waals surface area contributed by atoms with Gasteiger partial charge in [0.2, 0.25) is 0 Å². The molecule has 4 nitrogen and oxygen atoms in total. The number of rotatable bonds is 5. The molecule has 0 aliphatic carbocycles. The van der Waals surface area contributed by atoms with Crippen LogP contribution in [-0.4, -0.2) is 10.9 Å². The van der Waals surface area contributed by atoms with Gasteiger partial charge in [-0.3, -0.25) is 9.69 Å². The van der Waals surface area contributed by atoms with Crippen molar-refractivity contribution in [3.8, 4) is 0 Å². The lowest BCUT2D eigenvalue weighted by Gasteiger charge is -2.16. The molecule has 4 rings (SSSR count). The van der Waals surface area contributed by atoms with E-state index in [-0.39, 0.29) is 5.91 Å². The van der Waals surface area contributed by atoms with Gasteiger partial charge in [0, 0.05) is 15.4 Å². The molecular weight excluding hydrogens is 432 g/mol. The van der Waals surface area contributed by atoms with Crippen LogP contribution in [0.25, 0.3) is 16.3 Å². The molecule has 1 aromatic carbocycles. The van der Waals surface area contributed by atoms with Crippen LogP contribution < -0.4 is 4.90 Å². The summed E-state index contributed by atoms with van der Waals surface area (Å²) in [5.41, 5.74) is 0.868. The molecule has 0 fully saturated rings. The zero-order valence-corrected chi connectivity index (χ0v) is 16.7. The summed E-state index contributed by atoms with van der Waals surface area (Å²) in [6.07, 6.45) is 5.01. The minimum atomic E-state index is -0.132. The van der Waals surface area contributed by atoms with E-state index in [4.69, 9.17) is 4.42 Å². The Hall–Kier alpha value is -2.22. The van der Waals surface area contributed by atoms with Crippen molar-refractivity contribution in [3.63, 3.8) is 0 Å². The van der Waals surface area contributed by atoms with Gasteiger partial charge >= 0.3 is 0 Å². The maximum Gasteiger partial charge on any atom is 0.253 e. The standard InChI is InChI=1S/C19H13BrN2O2S2/c20-13-5-7-16-17(11-13)26-19(21-16)22(12-14-3-1-9-24-14)18(23)8-6-15-4-2-10-25-15/h1-11H,12H2/b8-6+. The van der Waals surface area contributed by atoms with E-state index in [0.717, 1.165) is 19.6 Å². The molecule has 0 spiro atoms. The first kappa shape index (κ1) is 17.2. The second-order valence-electron chi connectivity index (χ2n) is 5.46. The number of hydrogen-bond acceptors (Lipinski definition) is 5. The molecule has 0 radical (unpaired) electrons. The van der Waals surface area contributed by atoms with E-state index in [0.29, 0.717) is 17.4 Å². The van der Waals surface area contributed by atoms with E-state index in [2.05, 4.69) is 20.9 Å². The quantitative estimate of drug-likeness (QED) is 0.356. The minimum Gasteiger partial charge on any atom is -0.467 e. The SMILES string of the molecule is O=C(/C=C/c1cccs1)N(Cc1ccco1)c1nc2ccc(Br)cc2s1. The molecule has 3 heterocycles. The smallest absolute Gasteiger partial charge is 0.253 e. The Morgan fingerprint density at radius 1 is 1.27 bits per heavy atom. The van der Waals surface area contributed by atoms with Crippen LogP contribution in [0.1, 0.15) is 10.6 Å². The fraction of sp³-hybridized carbons (Fsp3) is 0.0526. The first-order chi connectivity index (χ1) is 12.7. The van der Waals surface area contributed by atoms with Gasteiger partial charge in [-0.25, -0.2) is 4.98 Å². The van der Waals surface area contributed by atoms with Crippen LogP contribution in [0, 0.1) is 0 Å². The number of hydrogen-bond donors (Lipinski definition) is 0. The lowest BCUT2D eigenvalue weighted by molar-refractivity contribution is -0.114. The molecule has 0 atom stereocenters. The average molecular weight is 445 g/mol. The number of carbonyl (C=O) groups is 1. The number of furan rings is 1. The number of fused-ring (bicyclic) bond motifs is 1. The highest BCUT2D eigenvalue weighted by Gasteiger charge is 2.19. The van der Waals surface area contributed by atoms with Crippen molar-refractivity contribution in [2.24, 2.45) is 0 Å². The van der Waals surface area contributed by atoms with Crippen molar-refractivity contribution in [2.45, 2.75) is 6.54 Å². The molecule has 0 bridgehead atoms. The third-order valence-corrected chi connectivity index (χ3v) is 6.04. The summed E-state index contributed by atoms with van der Waals surface area (Å²) in [7, 11) is 0. The Balaban J connectivity index is 1.68. The van der Waals surface area contributed by atoms with Crippen LogP contribution in [0.4, 0.5) is 5.13 Å². The van der Waals surface area contributed by atoms with E-state index >= 15 is 0 Å². The Kier molecular flexibility index (Phi) is 5.01. The highest BCUT2D eigenvalue weighted by molar-refractivity contribution is 9.10. The third kappa shape index (κ3) is 3.80. The van der Waals surface area contributed by atoms with E-state index in [1.807, 2.05) is 53.9 Å². The zero-order valence-electron chi connectivity index (χ0n) is 13.5. The van der Waals surface area contributed by atoms with Crippen molar-refractivity contribution in [1.29, 1.82) is 0 Å². The van der Waals surface area contributed by atoms with Gasteiger partial charge in [0.15, 0.2) is 5.13 Å². The maximum atomic E-state index is 12.9. The monoisotopic (exact) mass is 444 g/mol. The van der Waals surface area contributed by atoms with Gasteiger partial charge in [-0.1, -0.05) is 33.3 Å². The molecule has 3 aromatic heterocycles. The number of amides is 1. The van der Waals surface area contributed by atoms with E-state index in [9.17, 15) is 4.79 Å². The number of anilines is 1. The van der Waals surface area contributed by atoms with Crippen LogP contribution >= 0.6 is 38.6 Å². The van der Waals surface area contributed by atoms with Gasteiger partial charge in [-0.15, -0.1) is 11.3 Å². The number of thiazole rings is 1. The Bertz CT molecular complexity index is 1050. The summed E-state index contributed by atoms with van der Waals surface area (Å²) in [5, 5.41) is 2.63. The largest absolute Gasteiger partial charge is 0.467 e. The molecule has 1 amide bonds. The molecule has 0 aliphatic heterocycles. The van der Waals surface area contributed by atoms with Crippen molar-refractivity contribution >= 4 is 65.9 Å². The topological polar surface area (TPSA) is 46.3 Å². The molecule has 0 saturated heterocycles. The predicted molar refractivity (Wildman–Crippen MR) is 111 cm³/mol. The molecular formula is C19H13BrN2O2S2. The highest BCUT2D eigenvalue weighted by atomic mass is 79.9. The highest BCUT2D eigenvalue weighted by Crippen LogP contribution is 2.32. The molecule has 0 saturated carbocycles. The lowest BCUT2D eigenvalue weighted by atomic mass is 10.3. The number of aromatic nitrogens is 1. The lowest BCUT2D eigenvalue weighted by Crippen LogP contribution is -2.28. The maximum absolute atomic E-state index is 12.9. The van der Waals surface area contributed by atoms with Crippen LogP contribution in [0.5, 0.6) is 0 Å². The Labute approximate surface area is 166 Å². The number of benzene rings is 1. The van der Waals surface area contributed by atoms with Gasteiger partial charge in [-0.05, 0) is 47.9 Å². The molecule has 0 N–H and O–H groups in total. The fourth-order valence-electron chi connectivity index (χ4n) is 2.43. The second-order valence-corrected chi connectivity index (χ2v) is 8.37. The number of thiophene rings is 1. The summed E-state index contributed by atoms with van der Waals surface area (Å²) in [4.78, 5) is 20.2. The molecule has 26 heavy (non-hydrogen) atoms. The summed E-state index contributed by atoms with van der Waals surface area (Å²) in [6, 6.07) is 13.5. The van der Waals surface area contributed by atoms with Crippen LogP contribution in [-0.2, 0) is 11.3 Å². The van der Waals surface area contributed by atoms with Gasteiger partial charge < -0.3 is 4.42 Å². The van der Waals surface area contributed by atoms with E-state index in [1.165, 1.54) is 11.3 Å². The van der Waals surface area contributed by atoms with Crippen LogP contribution in [0.15, 0.2) is 69.1 Å². The first-order valence-corrected chi connectivity index (χ1v) is 10.3. The number of halogens is 1. The van der Waals surface area contributed by atoms with E-state index in [1.54, 1.807) is 28.6 Å². The van der Waals surface area contributed by atoms with Gasteiger partial charge in [0.1, 0.15) is 5.76 Å². The van der Waals surface area contributed by atoms with Crippen molar-refractivity contribution in [3.05, 3.63) is 75.3 Å². The number of nitrogens with zero attached hydrogens (tertiary/aromatic N) is 2. The summed E-state index contributed by atoms with van der Waals surface area (Å²) < 4.78 is 7.44. The van der Waals surface area contributed by atoms with Crippen molar-refractivity contribution < 1.29 is 9.21 Å². The number of carbonyl (C=O) groups excluding carboxylic acids is 1. The Morgan fingerprint density at radius 3 is 2.96 bits per heavy atom. The van der Waals surface area contributed by atoms with Gasteiger partial charge in [0.25, 0.3) is 5.91 Å². The summed E-state index contributed by atoms with van der Waals surface area (Å²) in [5.74, 6) is 0.580. The van der Waals surface area contributed by atoms with E-state index < -0.39 is 0 Å². The minimum absolute atomic E-state index is 0.132. The summed E-state index contributed by atoms with van der Waals surface area (Å²) >= 11 is 6.55. The predicted octanol–water partition coefficient (Wildman–Crippen LogP) is 5.96. The average Bonchev–Trinajstić information content (AvgIpc) is 3.38. The summed E-state index contributed by atoms with van der Waals surface area (Å²) in [6.45, 7) is 0.335. The van der Waals surface area contributed by atoms with Crippen molar-refractivity contribution in [2.75, 3.05) is 4.90 Å². The third-order valence-electron chi connectivity index (χ3n) is 3.66. The first-order valence-electron chi connectivity index (χ1n) is 7.80. The second kappa shape index (κ2) is 7.57. The zero-order chi connectivity index (χ0) is 17.9. The molecule has 4 aromatic rings. The van der Waals surface area contributed by atoms with Crippen LogP contribution in [0.2, 0.25) is 0 Å². The van der Waals surface area contributed by atoms with Crippen molar-refractivity contribution in [1.82, 2.24) is 4.98 Å². The van der Waals surface area contributed by atoms with Gasteiger partial charge in [0.05, 0.1) is 23.0 Å². The fourth-order valence-corrected chi connectivity index (χ4v) is 4.57. The molecule has 130 valence electrons. The Morgan fingerprint density at radius 2 is 2.19 bits per heavy atom. The molecule has 0 aliphatic rings. The normalized spacial score (nSPS) is 11.4. The van der Waals surface area contributed by atoms with Crippen LogP contribution in [0.3, 0.4) is 0 Å². The molecule has 0 unspecified atom stereocenters. The van der Waals surface area contributed by atoms with Gasteiger partial charge in [-0.2, -0.15) is 0 Å². The molecule has 7 heteroatoms.